The summed E-state index contributed by atoms with van der Waals surface area (Å²) in [4.78, 5) is 27.1. The van der Waals surface area contributed by atoms with Crippen LogP contribution in [0.1, 0.15) is 38.3 Å². The molecule has 1 aromatic carbocycles. The van der Waals surface area contributed by atoms with Gasteiger partial charge in [-0.3, -0.25) is 0 Å². The first-order valence-electron chi connectivity index (χ1n) is 9.36. The molecule has 1 fully saturated rings. The van der Waals surface area contributed by atoms with E-state index >= 15 is 0 Å². The summed E-state index contributed by atoms with van der Waals surface area (Å²) in [6.45, 7) is 4.48. The molecule has 144 valence electrons. The maximum Gasteiger partial charge on any atom is 0.340 e. The zero-order chi connectivity index (χ0) is 19.2. The molecule has 1 saturated heterocycles. The number of hydrogen-bond acceptors (Lipinski definition) is 6. The van der Waals surface area contributed by atoms with Crippen LogP contribution in [0.15, 0.2) is 53.8 Å². The summed E-state index contributed by atoms with van der Waals surface area (Å²) in [6, 6.07) is 9.97. The highest BCUT2D eigenvalue weighted by Gasteiger charge is 2.36. The van der Waals surface area contributed by atoms with Crippen molar-refractivity contribution in [2.24, 2.45) is 0 Å². The third-order valence-corrected chi connectivity index (χ3v) is 4.64. The number of rotatable bonds is 5. The first-order chi connectivity index (χ1) is 13.2. The van der Waals surface area contributed by atoms with E-state index < -0.39 is 11.9 Å². The van der Waals surface area contributed by atoms with E-state index in [0.717, 1.165) is 12.0 Å². The molecule has 2 aliphatic rings. The molecule has 0 spiro atoms. The van der Waals surface area contributed by atoms with Gasteiger partial charge in [0.15, 0.2) is 0 Å². The SMILES string of the molecule is CCOC(=O)C1=C/CC[C@H]2OC[C@@H](c3ccccc3)N2/C=C\1C(=O)OCC. The molecular formula is C21H25NO5. The Labute approximate surface area is 159 Å². The molecule has 27 heavy (non-hydrogen) atoms. The fraction of sp³-hybridized carbons (Fsp3) is 0.429. The molecule has 0 aromatic heterocycles. The van der Waals surface area contributed by atoms with Crippen molar-refractivity contribution in [2.75, 3.05) is 19.8 Å². The minimum atomic E-state index is -0.531. The summed E-state index contributed by atoms with van der Waals surface area (Å²) in [5, 5.41) is 0. The highest BCUT2D eigenvalue weighted by Crippen LogP contribution is 2.35. The van der Waals surface area contributed by atoms with Crippen LogP contribution in [0.25, 0.3) is 0 Å². The van der Waals surface area contributed by atoms with Gasteiger partial charge in [0.25, 0.3) is 0 Å². The van der Waals surface area contributed by atoms with Gasteiger partial charge >= 0.3 is 11.9 Å². The van der Waals surface area contributed by atoms with E-state index in [1.54, 1.807) is 26.1 Å². The second kappa shape index (κ2) is 8.86. The van der Waals surface area contributed by atoms with Gasteiger partial charge in [-0.25, -0.2) is 9.59 Å². The highest BCUT2D eigenvalue weighted by atomic mass is 16.5. The van der Waals surface area contributed by atoms with Gasteiger partial charge in [-0.15, -0.1) is 0 Å². The monoisotopic (exact) mass is 371 g/mol. The van der Waals surface area contributed by atoms with Gasteiger partial charge in [-0.1, -0.05) is 36.4 Å². The predicted molar refractivity (Wildman–Crippen MR) is 99.4 cm³/mol. The topological polar surface area (TPSA) is 65.1 Å². The number of benzene rings is 1. The first-order valence-corrected chi connectivity index (χ1v) is 9.36. The van der Waals surface area contributed by atoms with Crippen LogP contribution in [0.5, 0.6) is 0 Å². The van der Waals surface area contributed by atoms with Crippen molar-refractivity contribution < 1.29 is 23.8 Å². The van der Waals surface area contributed by atoms with Gasteiger partial charge in [0.1, 0.15) is 6.23 Å². The lowest BCUT2D eigenvalue weighted by Crippen LogP contribution is -2.31. The van der Waals surface area contributed by atoms with Gasteiger partial charge in [0.2, 0.25) is 0 Å². The van der Waals surface area contributed by atoms with Crippen LogP contribution < -0.4 is 0 Å². The number of hydrogen-bond donors (Lipinski definition) is 0. The Morgan fingerprint density at radius 2 is 1.74 bits per heavy atom. The molecule has 0 amide bonds. The largest absolute Gasteiger partial charge is 0.462 e. The Morgan fingerprint density at radius 1 is 1.07 bits per heavy atom. The number of nitrogens with zero attached hydrogens (tertiary/aromatic N) is 1. The Kier molecular flexibility index (Phi) is 6.29. The summed E-state index contributed by atoms with van der Waals surface area (Å²) >= 11 is 0. The lowest BCUT2D eigenvalue weighted by atomic mass is 10.0. The van der Waals surface area contributed by atoms with Crippen LogP contribution in [0.4, 0.5) is 0 Å². The van der Waals surface area contributed by atoms with Crippen LogP contribution in [0.2, 0.25) is 0 Å². The van der Waals surface area contributed by atoms with Gasteiger partial charge in [-0.05, 0) is 32.3 Å². The van der Waals surface area contributed by atoms with Gasteiger partial charge < -0.3 is 19.1 Å². The van der Waals surface area contributed by atoms with E-state index in [0.29, 0.717) is 13.0 Å². The van der Waals surface area contributed by atoms with Crippen molar-refractivity contribution in [2.45, 2.75) is 39.0 Å². The Balaban J connectivity index is 2.00. The average Bonchev–Trinajstić information content (AvgIpc) is 3.04. The van der Waals surface area contributed by atoms with Crippen LogP contribution in [0, 0.1) is 0 Å². The standard InChI is InChI=1S/C21H25NO5/c1-3-25-20(23)16-11-8-12-19-22(13-17(16)21(24)26-4-2)18(14-27-19)15-9-6-5-7-10-15/h5-7,9-11,13,18-19H,3-4,8,12,14H2,1-2H3/b16-11+,17-13+/t18-,19+/m0/s1. The average molecular weight is 371 g/mol. The van der Waals surface area contributed by atoms with E-state index in [9.17, 15) is 9.59 Å². The van der Waals surface area contributed by atoms with Gasteiger partial charge in [-0.2, -0.15) is 0 Å². The lowest BCUT2D eigenvalue weighted by molar-refractivity contribution is -0.142. The minimum absolute atomic E-state index is 0.0258. The molecule has 2 atom stereocenters. The Bertz CT molecular complexity index is 740. The maximum absolute atomic E-state index is 12.6. The van der Waals surface area contributed by atoms with Crippen molar-refractivity contribution in [3.63, 3.8) is 0 Å². The molecule has 0 bridgehead atoms. The first kappa shape index (κ1) is 19.2. The third kappa shape index (κ3) is 4.22. The normalized spacial score (nSPS) is 25.9. The quantitative estimate of drug-likeness (QED) is 0.741. The summed E-state index contributed by atoms with van der Waals surface area (Å²) in [7, 11) is 0. The van der Waals surface area contributed by atoms with E-state index in [4.69, 9.17) is 14.2 Å². The van der Waals surface area contributed by atoms with E-state index in [1.807, 2.05) is 35.2 Å². The number of ether oxygens (including phenoxy) is 3. The summed E-state index contributed by atoms with van der Waals surface area (Å²) in [5.41, 5.74) is 1.57. The molecule has 3 rings (SSSR count). The van der Waals surface area contributed by atoms with Crippen molar-refractivity contribution >= 4 is 11.9 Å². The zero-order valence-electron chi connectivity index (χ0n) is 15.7. The third-order valence-electron chi connectivity index (χ3n) is 4.64. The summed E-state index contributed by atoms with van der Waals surface area (Å²) < 4.78 is 16.3. The second-order valence-corrected chi connectivity index (χ2v) is 6.34. The Morgan fingerprint density at radius 3 is 2.41 bits per heavy atom. The van der Waals surface area contributed by atoms with Gasteiger partial charge in [0.05, 0.1) is 37.0 Å². The Hall–Kier alpha value is -2.60. The molecule has 2 aliphatic heterocycles. The number of carbonyl (C=O) groups is 2. The molecule has 0 N–H and O–H groups in total. The number of esters is 2. The number of carbonyl (C=O) groups excluding carboxylic acids is 2. The van der Waals surface area contributed by atoms with Crippen molar-refractivity contribution in [1.82, 2.24) is 4.90 Å². The second-order valence-electron chi connectivity index (χ2n) is 6.34. The highest BCUT2D eigenvalue weighted by molar-refractivity contribution is 6.07. The zero-order valence-corrected chi connectivity index (χ0v) is 15.7. The molecule has 6 nitrogen and oxygen atoms in total. The smallest absolute Gasteiger partial charge is 0.340 e. The van der Waals surface area contributed by atoms with E-state index in [1.165, 1.54) is 0 Å². The minimum Gasteiger partial charge on any atom is -0.462 e. The number of fused-ring (bicyclic) bond motifs is 1. The predicted octanol–water partition coefficient (Wildman–Crippen LogP) is 3.12. The van der Waals surface area contributed by atoms with Gasteiger partial charge in [0, 0.05) is 6.20 Å². The lowest BCUT2D eigenvalue weighted by Gasteiger charge is -2.29. The summed E-state index contributed by atoms with van der Waals surface area (Å²) in [6.07, 6.45) is 4.62. The molecule has 2 heterocycles. The molecule has 1 aromatic rings. The van der Waals surface area contributed by atoms with Crippen molar-refractivity contribution in [1.29, 1.82) is 0 Å². The summed E-state index contributed by atoms with van der Waals surface area (Å²) in [5.74, 6) is -1.04. The molecule has 0 radical (unpaired) electrons. The number of allylic oxidation sites excluding steroid dienone is 1. The van der Waals surface area contributed by atoms with Crippen molar-refractivity contribution in [3.05, 3.63) is 59.3 Å². The maximum atomic E-state index is 12.6. The van der Waals surface area contributed by atoms with E-state index in [2.05, 4.69) is 0 Å². The van der Waals surface area contributed by atoms with Crippen molar-refractivity contribution in [3.8, 4) is 0 Å². The molecule has 0 saturated carbocycles. The molecule has 6 heteroatoms. The molecular weight excluding hydrogens is 346 g/mol. The van der Waals surface area contributed by atoms with Crippen LogP contribution >= 0.6 is 0 Å². The van der Waals surface area contributed by atoms with E-state index in [-0.39, 0.29) is 36.6 Å². The van der Waals surface area contributed by atoms with Crippen LogP contribution in [-0.2, 0) is 23.8 Å². The molecule has 0 aliphatic carbocycles. The molecule has 0 unspecified atom stereocenters. The fourth-order valence-corrected chi connectivity index (χ4v) is 3.40. The fourth-order valence-electron chi connectivity index (χ4n) is 3.40. The van der Waals surface area contributed by atoms with Crippen LogP contribution in [0.3, 0.4) is 0 Å². The van der Waals surface area contributed by atoms with Crippen LogP contribution in [-0.4, -0.2) is 42.9 Å².